The van der Waals surface area contributed by atoms with Crippen LogP contribution >= 0.6 is 12.2 Å². The summed E-state index contributed by atoms with van der Waals surface area (Å²) >= 11 is 5.49. The molecule has 1 aromatic rings. The lowest BCUT2D eigenvalue weighted by atomic mass is 10.1. The van der Waals surface area contributed by atoms with Crippen molar-refractivity contribution < 1.29 is 10.0 Å². The molecule has 0 radical (unpaired) electrons. The Labute approximate surface area is 126 Å². The minimum Gasteiger partial charge on any atom is -0.391 e. The van der Waals surface area contributed by atoms with Gasteiger partial charge in [-0.3, -0.25) is 0 Å². The molecule has 0 amide bonds. The molecule has 0 saturated carbocycles. The number of anilines is 1. The largest absolute Gasteiger partial charge is 0.391 e. The van der Waals surface area contributed by atoms with Gasteiger partial charge in [-0.15, -0.1) is 0 Å². The Morgan fingerprint density at radius 1 is 1.30 bits per heavy atom. The second-order valence-corrected chi connectivity index (χ2v) is 5.83. The third-order valence-electron chi connectivity index (χ3n) is 3.98. The third kappa shape index (κ3) is 3.91. The Balaban J connectivity index is 1.88. The predicted octanol–water partition coefficient (Wildman–Crippen LogP) is 0.193. The highest BCUT2D eigenvalue weighted by Gasteiger charge is 2.21. The summed E-state index contributed by atoms with van der Waals surface area (Å²) in [6.45, 7) is 9.30. The van der Waals surface area contributed by atoms with E-state index in [9.17, 15) is 0 Å². The van der Waals surface area contributed by atoms with E-state index in [1.54, 1.807) is 0 Å². The first-order valence-electron chi connectivity index (χ1n) is 7.18. The van der Waals surface area contributed by atoms with Crippen LogP contribution in [0.1, 0.15) is 11.1 Å². The SMILES string of the molecule is Cc1ccc(NC(=S)N2CC[NH+](CCO)CC2)cc1C. The monoisotopic (exact) mass is 294 g/mol. The molecule has 0 atom stereocenters. The predicted molar refractivity (Wildman–Crippen MR) is 86.4 cm³/mol. The summed E-state index contributed by atoms with van der Waals surface area (Å²) in [6.07, 6.45) is 0. The second-order valence-electron chi connectivity index (χ2n) is 5.44. The van der Waals surface area contributed by atoms with Crippen LogP contribution in [0.2, 0.25) is 0 Å². The Kier molecular flexibility index (Phi) is 5.34. The van der Waals surface area contributed by atoms with Gasteiger partial charge < -0.3 is 20.2 Å². The number of piperazine rings is 1. The van der Waals surface area contributed by atoms with E-state index in [1.807, 2.05) is 0 Å². The molecule has 1 aliphatic heterocycles. The smallest absolute Gasteiger partial charge is 0.173 e. The van der Waals surface area contributed by atoms with Crippen molar-refractivity contribution in [1.82, 2.24) is 4.90 Å². The highest BCUT2D eigenvalue weighted by Crippen LogP contribution is 2.14. The zero-order chi connectivity index (χ0) is 14.5. The third-order valence-corrected chi connectivity index (χ3v) is 4.34. The lowest BCUT2D eigenvalue weighted by molar-refractivity contribution is -0.904. The maximum atomic E-state index is 8.96. The molecular formula is C15H24N3OS+. The van der Waals surface area contributed by atoms with E-state index in [1.165, 1.54) is 16.0 Å². The van der Waals surface area contributed by atoms with E-state index >= 15 is 0 Å². The molecule has 0 spiro atoms. The maximum Gasteiger partial charge on any atom is 0.173 e. The highest BCUT2D eigenvalue weighted by atomic mass is 32.1. The van der Waals surface area contributed by atoms with Gasteiger partial charge in [0.05, 0.1) is 32.8 Å². The number of nitrogens with zero attached hydrogens (tertiary/aromatic N) is 1. The van der Waals surface area contributed by atoms with Crippen LogP contribution in [0.3, 0.4) is 0 Å². The van der Waals surface area contributed by atoms with E-state index in [0.29, 0.717) is 0 Å². The number of aryl methyl sites for hydroxylation is 2. The summed E-state index contributed by atoms with van der Waals surface area (Å²) in [7, 11) is 0. The van der Waals surface area contributed by atoms with Gasteiger partial charge >= 0.3 is 0 Å². The summed E-state index contributed by atoms with van der Waals surface area (Å²) < 4.78 is 0. The van der Waals surface area contributed by atoms with Gasteiger partial charge in [-0.2, -0.15) is 0 Å². The van der Waals surface area contributed by atoms with E-state index in [-0.39, 0.29) is 6.61 Å². The molecule has 0 bridgehead atoms. The Morgan fingerprint density at radius 3 is 2.60 bits per heavy atom. The van der Waals surface area contributed by atoms with E-state index in [2.05, 4.69) is 42.3 Å². The van der Waals surface area contributed by atoms with Crippen molar-refractivity contribution in [2.24, 2.45) is 0 Å². The standard InChI is InChI=1S/C15H23N3OS/c1-12-3-4-14(11-13(12)2)16-15(20)18-7-5-17(6-8-18)9-10-19/h3-4,11,19H,5-10H2,1-2H3,(H,16,20)/p+1. The first-order valence-corrected chi connectivity index (χ1v) is 7.58. The van der Waals surface area contributed by atoms with Crippen molar-refractivity contribution in [3.05, 3.63) is 29.3 Å². The van der Waals surface area contributed by atoms with Gasteiger partial charge in [-0.1, -0.05) is 6.07 Å². The number of rotatable bonds is 3. The van der Waals surface area contributed by atoms with Gasteiger partial charge in [-0.05, 0) is 49.3 Å². The topological polar surface area (TPSA) is 39.9 Å². The number of hydrogen-bond donors (Lipinski definition) is 3. The van der Waals surface area contributed by atoms with Crippen molar-refractivity contribution >= 4 is 23.0 Å². The first-order chi connectivity index (χ1) is 9.60. The average Bonchev–Trinajstić information content (AvgIpc) is 2.44. The van der Waals surface area contributed by atoms with Crippen LogP contribution in [0.4, 0.5) is 5.69 Å². The molecule has 20 heavy (non-hydrogen) atoms. The molecule has 1 saturated heterocycles. The summed E-state index contributed by atoms with van der Waals surface area (Å²) in [5, 5.41) is 13.1. The minimum absolute atomic E-state index is 0.265. The second kappa shape index (κ2) is 7.02. The van der Waals surface area contributed by atoms with E-state index < -0.39 is 0 Å². The molecule has 2 rings (SSSR count). The summed E-state index contributed by atoms with van der Waals surface area (Å²) in [5.41, 5.74) is 3.63. The zero-order valence-corrected chi connectivity index (χ0v) is 13.1. The molecule has 4 nitrogen and oxygen atoms in total. The first kappa shape index (κ1) is 15.2. The number of quaternary nitrogens is 1. The Bertz CT molecular complexity index is 470. The highest BCUT2D eigenvalue weighted by molar-refractivity contribution is 7.80. The van der Waals surface area contributed by atoms with Crippen LogP contribution in [0, 0.1) is 13.8 Å². The number of hydrogen-bond acceptors (Lipinski definition) is 2. The molecule has 1 aliphatic rings. The number of thiocarbonyl (C=S) groups is 1. The summed E-state index contributed by atoms with van der Waals surface area (Å²) in [6, 6.07) is 6.32. The van der Waals surface area contributed by atoms with Gasteiger partial charge in [-0.25, -0.2) is 0 Å². The van der Waals surface area contributed by atoms with Crippen LogP contribution in [-0.2, 0) is 0 Å². The van der Waals surface area contributed by atoms with Crippen LogP contribution in [0.5, 0.6) is 0 Å². The molecular weight excluding hydrogens is 270 g/mol. The summed E-state index contributed by atoms with van der Waals surface area (Å²) in [5.74, 6) is 0. The molecule has 1 aromatic carbocycles. The number of aliphatic hydroxyl groups is 1. The fourth-order valence-corrected chi connectivity index (χ4v) is 2.76. The van der Waals surface area contributed by atoms with E-state index in [4.69, 9.17) is 17.3 Å². The van der Waals surface area contributed by atoms with Gasteiger partial charge in [0.15, 0.2) is 5.11 Å². The quantitative estimate of drug-likeness (QED) is 0.696. The van der Waals surface area contributed by atoms with Crippen LogP contribution in [0.15, 0.2) is 18.2 Å². The van der Waals surface area contributed by atoms with Crippen LogP contribution < -0.4 is 10.2 Å². The van der Waals surface area contributed by atoms with Gasteiger partial charge in [0.25, 0.3) is 0 Å². The molecule has 0 unspecified atom stereocenters. The molecule has 1 fully saturated rings. The molecule has 3 N–H and O–H groups in total. The average molecular weight is 294 g/mol. The van der Waals surface area contributed by atoms with Crippen LogP contribution in [-0.4, -0.2) is 54.4 Å². The fraction of sp³-hybridized carbons (Fsp3) is 0.533. The fourth-order valence-electron chi connectivity index (χ4n) is 2.46. The van der Waals surface area contributed by atoms with Gasteiger partial charge in [0.2, 0.25) is 0 Å². The van der Waals surface area contributed by atoms with Crippen molar-refractivity contribution in [1.29, 1.82) is 0 Å². The number of benzene rings is 1. The number of aliphatic hydroxyl groups excluding tert-OH is 1. The normalized spacial score (nSPS) is 16.2. The molecule has 110 valence electrons. The summed E-state index contributed by atoms with van der Waals surface area (Å²) in [4.78, 5) is 3.67. The van der Waals surface area contributed by atoms with Crippen LogP contribution in [0.25, 0.3) is 0 Å². The van der Waals surface area contributed by atoms with Crippen molar-refractivity contribution in [2.75, 3.05) is 44.6 Å². The van der Waals surface area contributed by atoms with Crippen molar-refractivity contribution in [3.63, 3.8) is 0 Å². The maximum absolute atomic E-state index is 8.96. The van der Waals surface area contributed by atoms with Crippen molar-refractivity contribution in [3.8, 4) is 0 Å². The van der Waals surface area contributed by atoms with Crippen molar-refractivity contribution in [2.45, 2.75) is 13.8 Å². The molecule has 0 aliphatic carbocycles. The van der Waals surface area contributed by atoms with Gasteiger partial charge in [0, 0.05) is 5.69 Å². The van der Waals surface area contributed by atoms with Gasteiger partial charge in [0.1, 0.15) is 6.54 Å². The zero-order valence-electron chi connectivity index (χ0n) is 12.3. The molecule has 5 heteroatoms. The molecule has 0 aromatic heterocycles. The minimum atomic E-state index is 0.265. The molecule has 1 heterocycles. The van der Waals surface area contributed by atoms with E-state index in [0.717, 1.165) is 43.5 Å². The lowest BCUT2D eigenvalue weighted by Gasteiger charge is -2.33. The Morgan fingerprint density at radius 2 is 2.00 bits per heavy atom. The lowest BCUT2D eigenvalue weighted by Crippen LogP contribution is -3.15. The number of nitrogens with one attached hydrogen (secondary N) is 2. The Hall–Kier alpha value is -1.17.